The first-order valence-corrected chi connectivity index (χ1v) is 4.81. The molecule has 0 aromatic heterocycles. The van der Waals surface area contributed by atoms with E-state index < -0.39 is 0 Å². The Bertz CT molecular complexity index is 126. The van der Waals surface area contributed by atoms with Gasteiger partial charge in [0.15, 0.2) is 0 Å². The molecule has 0 saturated carbocycles. The first-order chi connectivity index (χ1) is 6.02. The lowest BCUT2D eigenvalue weighted by Crippen LogP contribution is -2.28. The molecule has 3 nitrogen and oxygen atoms in total. The predicted molar refractivity (Wildman–Crippen MR) is 54.8 cm³/mol. The van der Waals surface area contributed by atoms with Gasteiger partial charge in [-0.15, -0.1) is 0 Å². The number of nitrogens with two attached hydrogens (primary N) is 1. The standard InChI is InChI=1S/C10H23NO2/c1-10(2,13-4)7-5-9(11)6-8-12-3/h9H,5-8,11H2,1-4H3. The minimum Gasteiger partial charge on any atom is -0.385 e. The molecule has 80 valence electrons. The molecular formula is C10H23NO2. The molecule has 0 aliphatic carbocycles. The van der Waals surface area contributed by atoms with Crippen LogP contribution in [-0.4, -0.2) is 32.5 Å². The summed E-state index contributed by atoms with van der Waals surface area (Å²) >= 11 is 0. The van der Waals surface area contributed by atoms with E-state index in [0.29, 0.717) is 0 Å². The summed E-state index contributed by atoms with van der Waals surface area (Å²) in [4.78, 5) is 0. The van der Waals surface area contributed by atoms with Gasteiger partial charge in [0.05, 0.1) is 5.60 Å². The molecule has 0 amide bonds. The number of methoxy groups -OCH3 is 2. The predicted octanol–water partition coefficient (Wildman–Crippen LogP) is 1.56. The quantitative estimate of drug-likeness (QED) is 0.661. The van der Waals surface area contributed by atoms with E-state index >= 15 is 0 Å². The lowest BCUT2D eigenvalue weighted by Gasteiger charge is -2.24. The topological polar surface area (TPSA) is 44.5 Å². The van der Waals surface area contributed by atoms with Crippen molar-refractivity contribution in [1.29, 1.82) is 0 Å². The molecule has 13 heavy (non-hydrogen) atoms. The highest BCUT2D eigenvalue weighted by atomic mass is 16.5. The Morgan fingerprint density at radius 1 is 1.23 bits per heavy atom. The lowest BCUT2D eigenvalue weighted by molar-refractivity contribution is 0.0119. The monoisotopic (exact) mass is 189 g/mol. The average molecular weight is 189 g/mol. The van der Waals surface area contributed by atoms with Crippen molar-refractivity contribution in [2.45, 2.75) is 44.8 Å². The molecule has 0 aromatic rings. The fourth-order valence-electron chi connectivity index (χ4n) is 1.05. The van der Waals surface area contributed by atoms with Gasteiger partial charge in [0.25, 0.3) is 0 Å². The minimum atomic E-state index is -0.0509. The van der Waals surface area contributed by atoms with E-state index in [2.05, 4.69) is 13.8 Å². The molecular weight excluding hydrogens is 166 g/mol. The van der Waals surface area contributed by atoms with Gasteiger partial charge in [-0.25, -0.2) is 0 Å². The highest BCUT2D eigenvalue weighted by Crippen LogP contribution is 2.16. The largest absolute Gasteiger partial charge is 0.385 e. The Balaban J connectivity index is 3.51. The summed E-state index contributed by atoms with van der Waals surface area (Å²) in [6, 6.07) is 0.231. The fraction of sp³-hybridized carbons (Fsp3) is 1.00. The Labute approximate surface area is 81.6 Å². The van der Waals surface area contributed by atoms with Gasteiger partial charge in [-0.1, -0.05) is 0 Å². The van der Waals surface area contributed by atoms with Crippen molar-refractivity contribution in [2.24, 2.45) is 5.73 Å². The molecule has 0 bridgehead atoms. The van der Waals surface area contributed by atoms with Crippen LogP contribution < -0.4 is 5.73 Å². The highest BCUT2D eigenvalue weighted by Gasteiger charge is 2.17. The van der Waals surface area contributed by atoms with Crippen molar-refractivity contribution >= 4 is 0 Å². The smallest absolute Gasteiger partial charge is 0.0623 e. The van der Waals surface area contributed by atoms with Gasteiger partial charge in [0.2, 0.25) is 0 Å². The van der Waals surface area contributed by atoms with Crippen LogP contribution in [0.15, 0.2) is 0 Å². The molecule has 0 heterocycles. The van der Waals surface area contributed by atoms with Gasteiger partial charge < -0.3 is 15.2 Å². The third-order valence-electron chi connectivity index (χ3n) is 2.36. The Morgan fingerprint density at radius 3 is 2.31 bits per heavy atom. The van der Waals surface area contributed by atoms with Gasteiger partial charge in [-0.3, -0.25) is 0 Å². The maximum atomic E-state index is 5.89. The zero-order valence-corrected chi connectivity index (χ0v) is 9.30. The molecule has 2 N–H and O–H groups in total. The lowest BCUT2D eigenvalue weighted by atomic mass is 9.98. The molecule has 1 atom stereocenters. The molecule has 3 heteroatoms. The van der Waals surface area contributed by atoms with Crippen LogP contribution in [0.1, 0.15) is 33.1 Å². The summed E-state index contributed by atoms with van der Waals surface area (Å²) in [5.74, 6) is 0. The number of rotatable bonds is 7. The minimum absolute atomic E-state index is 0.0509. The van der Waals surface area contributed by atoms with Gasteiger partial charge in [-0.2, -0.15) is 0 Å². The van der Waals surface area contributed by atoms with Gasteiger partial charge in [0.1, 0.15) is 0 Å². The van der Waals surface area contributed by atoms with Crippen molar-refractivity contribution in [1.82, 2.24) is 0 Å². The van der Waals surface area contributed by atoms with Gasteiger partial charge in [0, 0.05) is 26.9 Å². The Hall–Kier alpha value is -0.120. The van der Waals surface area contributed by atoms with Crippen LogP contribution >= 0.6 is 0 Å². The van der Waals surface area contributed by atoms with Crippen molar-refractivity contribution in [3.8, 4) is 0 Å². The SMILES string of the molecule is COCCC(N)CCC(C)(C)OC. The zero-order valence-electron chi connectivity index (χ0n) is 9.30. The molecule has 0 aliphatic heterocycles. The van der Waals surface area contributed by atoms with Crippen molar-refractivity contribution in [2.75, 3.05) is 20.8 Å². The Morgan fingerprint density at radius 2 is 1.85 bits per heavy atom. The average Bonchev–Trinajstić information content (AvgIpc) is 2.11. The van der Waals surface area contributed by atoms with E-state index in [9.17, 15) is 0 Å². The third kappa shape index (κ3) is 6.99. The van der Waals surface area contributed by atoms with Crippen LogP contribution in [0.5, 0.6) is 0 Å². The normalized spacial score (nSPS) is 14.5. The zero-order chi connectivity index (χ0) is 10.3. The molecule has 0 aromatic carbocycles. The van der Waals surface area contributed by atoms with Crippen molar-refractivity contribution in [3.63, 3.8) is 0 Å². The van der Waals surface area contributed by atoms with Crippen LogP contribution in [0.3, 0.4) is 0 Å². The molecule has 0 radical (unpaired) electrons. The Kier molecular flexibility index (Phi) is 6.29. The summed E-state index contributed by atoms with van der Waals surface area (Å²) in [5.41, 5.74) is 5.84. The second kappa shape index (κ2) is 6.35. The third-order valence-corrected chi connectivity index (χ3v) is 2.36. The van der Waals surface area contributed by atoms with Crippen LogP contribution in [0.25, 0.3) is 0 Å². The van der Waals surface area contributed by atoms with Crippen LogP contribution in [0.2, 0.25) is 0 Å². The summed E-state index contributed by atoms with van der Waals surface area (Å²) in [5, 5.41) is 0. The summed E-state index contributed by atoms with van der Waals surface area (Å²) in [6.45, 7) is 4.90. The number of ether oxygens (including phenoxy) is 2. The molecule has 0 rings (SSSR count). The first-order valence-electron chi connectivity index (χ1n) is 4.81. The van der Waals surface area contributed by atoms with Gasteiger partial charge in [-0.05, 0) is 33.1 Å². The molecule has 0 aliphatic rings. The van der Waals surface area contributed by atoms with E-state index in [-0.39, 0.29) is 11.6 Å². The highest BCUT2D eigenvalue weighted by molar-refractivity contribution is 4.72. The van der Waals surface area contributed by atoms with E-state index in [1.165, 1.54) is 0 Å². The molecule has 0 saturated heterocycles. The maximum absolute atomic E-state index is 5.89. The van der Waals surface area contributed by atoms with E-state index in [0.717, 1.165) is 25.9 Å². The van der Waals surface area contributed by atoms with Crippen LogP contribution in [-0.2, 0) is 9.47 Å². The van der Waals surface area contributed by atoms with Crippen molar-refractivity contribution < 1.29 is 9.47 Å². The molecule has 0 spiro atoms. The molecule has 0 fully saturated rings. The maximum Gasteiger partial charge on any atom is 0.0623 e. The number of hydrogen-bond acceptors (Lipinski definition) is 3. The summed E-state index contributed by atoms with van der Waals surface area (Å²) in [7, 11) is 3.44. The second-order valence-corrected chi connectivity index (χ2v) is 4.04. The first kappa shape index (κ1) is 12.9. The number of hydrogen-bond donors (Lipinski definition) is 1. The second-order valence-electron chi connectivity index (χ2n) is 4.04. The fourth-order valence-corrected chi connectivity index (χ4v) is 1.05. The van der Waals surface area contributed by atoms with Crippen LogP contribution in [0, 0.1) is 0 Å². The molecule has 1 unspecified atom stereocenters. The summed E-state index contributed by atoms with van der Waals surface area (Å²) < 4.78 is 10.3. The van der Waals surface area contributed by atoms with Crippen LogP contribution in [0.4, 0.5) is 0 Å². The summed E-state index contributed by atoms with van der Waals surface area (Å²) in [6.07, 6.45) is 2.91. The van der Waals surface area contributed by atoms with Gasteiger partial charge >= 0.3 is 0 Å². The van der Waals surface area contributed by atoms with E-state index in [1.54, 1.807) is 14.2 Å². The van der Waals surface area contributed by atoms with Crippen molar-refractivity contribution in [3.05, 3.63) is 0 Å². The van der Waals surface area contributed by atoms with E-state index in [4.69, 9.17) is 15.2 Å². The van der Waals surface area contributed by atoms with E-state index in [1.807, 2.05) is 0 Å².